The molecule has 0 fully saturated rings. The number of rotatable bonds is 6. The van der Waals surface area contributed by atoms with Crippen LogP contribution in [0.3, 0.4) is 0 Å². The highest BCUT2D eigenvalue weighted by Crippen LogP contribution is 2.23. The molecule has 0 aliphatic heterocycles. The largest absolute Gasteiger partial charge is 0.396 e. The van der Waals surface area contributed by atoms with Gasteiger partial charge in [0.1, 0.15) is 0 Å². The molecule has 1 rings (SSSR count). The van der Waals surface area contributed by atoms with Gasteiger partial charge in [-0.1, -0.05) is 11.6 Å². The van der Waals surface area contributed by atoms with Crippen LogP contribution in [-0.4, -0.2) is 35.5 Å². The van der Waals surface area contributed by atoms with Crippen LogP contribution in [0.25, 0.3) is 0 Å². The number of anilines is 1. The van der Waals surface area contributed by atoms with Crippen molar-refractivity contribution in [1.29, 1.82) is 0 Å². The van der Waals surface area contributed by atoms with E-state index in [9.17, 15) is 0 Å². The molecule has 0 saturated carbocycles. The summed E-state index contributed by atoms with van der Waals surface area (Å²) < 4.78 is 0. The SMILES string of the molecule is Cc1c(Cl)nnc(N(C)CCCCCO)c1C. The van der Waals surface area contributed by atoms with E-state index in [1.807, 2.05) is 20.9 Å². The summed E-state index contributed by atoms with van der Waals surface area (Å²) >= 11 is 5.92. The smallest absolute Gasteiger partial charge is 0.155 e. The van der Waals surface area contributed by atoms with Crippen LogP contribution in [0.1, 0.15) is 30.4 Å². The van der Waals surface area contributed by atoms with E-state index in [4.69, 9.17) is 16.7 Å². The second-order valence-corrected chi connectivity index (χ2v) is 4.63. The van der Waals surface area contributed by atoms with Gasteiger partial charge in [0.05, 0.1) is 0 Å². The molecule has 0 amide bonds. The lowest BCUT2D eigenvalue weighted by Crippen LogP contribution is -2.21. The van der Waals surface area contributed by atoms with E-state index in [-0.39, 0.29) is 6.61 Å². The van der Waals surface area contributed by atoms with Crippen molar-refractivity contribution in [2.45, 2.75) is 33.1 Å². The highest BCUT2D eigenvalue weighted by molar-refractivity contribution is 6.30. The molecule has 4 nitrogen and oxygen atoms in total. The Kier molecular flexibility index (Phi) is 5.65. The predicted molar refractivity (Wildman–Crippen MR) is 70.7 cm³/mol. The monoisotopic (exact) mass is 257 g/mol. The molecule has 0 aliphatic rings. The van der Waals surface area contributed by atoms with Gasteiger partial charge >= 0.3 is 0 Å². The number of aliphatic hydroxyl groups excluding tert-OH is 1. The Morgan fingerprint density at radius 3 is 2.47 bits per heavy atom. The fourth-order valence-corrected chi connectivity index (χ4v) is 1.85. The lowest BCUT2D eigenvalue weighted by molar-refractivity contribution is 0.283. The lowest BCUT2D eigenvalue weighted by atomic mass is 10.2. The van der Waals surface area contributed by atoms with Crippen LogP contribution < -0.4 is 4.90 Å². The van der Waals surface area contributed by atoms with Crippen molar-refractivity contribution in [3.63, 3.8) is 0 Å². The molecule has 5 heteroatoms. The van der Waals surface area contributed by atoms with Crippen molar-refractivity contribution in [3.8, 4) is 0 Å². The molecule has 1 aromatic rings. The average molecular weight is 258 g/mol. The van der Waals surface area contributed by atoms with E-state index in [0.717, 1.165) is 42.8 Å². The fourth-order valence-electron chi connectivity index (χ4n) is 1.67. The Bertz CT molecular complexity index is 371. The van der Waals surface area contributed by atoms with Gasteiger partial charge in [0.15, 0.2) is 11.0 Å². The van der Waals surface area contributed by atoms with E-state index in [1.54, 1.807) is 0 Å². The number of hydrogen-bond donors (Lipinski definition) is 1. The number of aromatic nitrogens is 2. The molecule has 0 radical (unpaired) electrons. The molecule has 1 N–H and O–H groups in total. The van der Waals surface area contributed by atoms with E-state index in [2.05, 4.69) is 15.1 Å². The summed E-state index contributed by atoms with van der Waals surface area (Å²) in [7, 11) is 2.00. The summed E-state index contributed by atoms with van der Waals surface area (Å²) in [5.74, 6) is 0.885. The molecule has 0 bridgehead atoms. The average Bonchev–Trinajstić information content (AvgIpc) is 2.31. The van der Waals surface area contributed by atoms with Gasteiger partial charge in [-0.25, -0.2) is 0 Å². The van der Waals surface area contributed by atoms with Crippen LogP contribution in [0.2, 0.25) is 5.15 Å². The standard InChI is InChI=1S/C12H20ClN3O/c1-9-10(2)12(15-14-11(9)13)16(3)7-5-4-6-8-17/h17H,4-8H2,1-3H3. The van der Waals surface area contributed by atoms with Crippen molar-refractivity contribution < 1.29 is 5.11 Å². The molecule has 0 saturated heterocycles. The lowest BCUT2D eigenvalue weighted by Gasteiger charge is -2.20. The van der Waals surface area contributed by atoms with Crippen LogP contribution in [0, 0.1) is 13.8 Å². The van der Waals surface area contributed by atoms with Gasteiger partial charge in [-0.05, 0) is 44.2 Å². The van der Waals surface area contributed by atoms with E-state index < -0.39 is 0 Å². The zero-order chi connectivity index (χ0) is 12.8. The first-order valence-corrected chi connectivity index (χ1v) is 6.27. The molecule has 17 heavy (non-hydrogen) atoms. The summed E-state index contributed by atoms with van der Waals surface area (Å²) in [5, 5.41) is 17.3. The highest BCUT2D eigenvalue weighted by Gasteiger charge is 2.11. The second-order valence-electron chi connectivity index (χ2n) is 4.27. The molecule has 0 atom stereocenters. The topological polar surface area (TPSA) is 49.2 Å². The zero-order valence-electron chi connectivity index (χ0n) is 10.7. The predicted octanol–water partition coefficient (Wildman–Crippen LogP) is 2.35. The van der Waals surface area contributed by atoms with Crippen molar-refractivity contribution in [1.82, 2.24) is 10.2 Å². The molecular weight excluding hydrogens is 238 g/mol. The minimum absolute atomic E-state index is 0.266. The first-order valence-electron chi connectivity index (χ1n) is 5.89. The molecule has 0 spiro atoms. The maximum absolute atomic E-state index is 8.71. The van der Waals surface area contributed by atoms with E-state index in [1.165, 1.54) is 0 Å². The third-order valence-electron chi connectivity index (χ3n) is 2.95. The normalized spacial score (nSPS) is 10.6. The second kappa shape index (κ2) is 6.77. The van der Waals surface area contributed by atoms with Gasteiger partial charge in [-0.15, -0.1) is 10.2 Å². The fraction of sp³-hybridized carbons (Fsp3) is 0.667. The summed E-state index contributed by atoms with van der Waals surface area (Å²) in [6, 6.07) is 0. The Labute approximate surface area is 108 Å². The van der Waals surface area contributed by atoms with Crippen molar-refractivity contribution in [3.05, 3.63) is 16.3 Å². The minimum atomic E-state index is 0.266. The number of hydrogen-bond acceptors (Lipinski definition) is 4. The van der Waals surface area contributed by atoms with Crippen LogP contribution >= 0.6 is 11.6 Å². The Hall–Kier alpha value is -0.870. The Morgan fingerprint density at radius 1 is 1.12 bits per heavy atom. The van der Waals surface area contributed by atoms with Crippen molar-refractivity contribution >= 4 is 17.4 Å². The molecule has 0 unspecified atom stereocenters. The quantitative estimate of drug-likeness (QED) is 0.795. The Morgan fingerprint density at radius 2 is 1.82 bits per heavy atom. The number of aliphatic hydroxyl groups is 1. The van der Waals surface area contributed by atoms with Crippen molar-refractivity contribution in [2.24, 2.45) is 0 Å². The van der Waals surface area contributed by atoms with Gasteiger partial charge < -0.3 is 10.0 Å². The van der Waals surface area contributed by atoms with Gasteiger partial charge in [-0.2, -0.15) is 0 Å². The first kappa shape index (κ1) is 14.2. The van der Waals surface area contributed by atoms with Gasteiger partial charge in [0, 0.05) is 20.2 Å². The first-order chi connectivity index (χ1) is 8.07. The maximum Gasteiger partial charge on any atom is 0.155 e. The van der Waals surface area contributed by atoms with E-state index >= 15 is 0 Å². The van der Waals surface area contributed by atoms with Crippen LogP contribution in [0.15, 0.2) is 0 Å². The molecule has 1 aromatic heterocycles. The summed E-state index contributed by atoms with van der Waals surface area (Å²) in [6.07, 6.45) is 2.93. The minimum Gasteiger partial charge on any atom is -0.396 e. The number of halogens is 1. The molecule has 0 aromatic carbocycles. The number of nitrogens with zero attached hydrogens (tertiary/aromatic N) is 3. The van der Waals surface area contributed by atoms with Gasteiger partial charge in [-0.3, -0.25) is 0 Å². The van der Waals surface area contributed by atoms with Gasteiger partial charge in [0.25, 0.3) is 0 Å². The summed E-state index contributed by atoms with van der Waals surface area (Å²) in [4.78, 5) is 2.09. The molecular formula is C12H20ClN3O. The van der Waals surface area contributed by atoms with E-state index in [0.29, 0.717) is 5.15 Å². The molecule has 96 valence electrons. The summed E-state index contributed by atoms with van der Waals surface area (Å²) in [5.41, 5.74) is 2.06. The third-order valence-corrected chi connectivity index (χ3v) is 3.31. The third kappa shape index (κ3) is 3.82. The van der Waals surface area contributed by atoms with Crippen LogP contribution in [0.4, 0.5) is 5.82 Å². The molecule has 1 heterocycles. The van der Waals surface area contributed by atoms with Crippen LogP contribution in [0.5, 0.6) is 0 Å². The number of unbranched alkanes of at least 4 members (excludes halogenated alkanes) is 2. The van der Waals surface area contributed by atoms with Crippen molar-refractivity contribution in [2.75, 3.05) is 25.1 Å². The molecule has 0 aliphatic carbocycles. The van der Waals surface area contributed by atoms with Crippen LogP contribution in [-0.2, 0) is 0 Å². The highest BCUT2D eigenvalue weighted by atomic mass is 35.5. The summed E-state index contributed by atoms with van der Waals surface area (Å²) in [6.45, 7) is 5.14. The maximum atomic E-state index is 8.71. The Balaban J connectivity index is 2.63. The zero-order valence-corrected chi connectivity index (χ0v) is 11.5. The van der Waals surface area contributed by atoms with Gasteiger partial charge in [0.2, 0.25) is 0 Å².